The lowest BCUT2D eigenvalue weighted by molar-refractivity contribution is -0.137. The molecule has 0 heterocycles. The van der Waals surface area contributed by atoms with Crippen LogP contribution >= 0.6 is 11.6 Å². The zero-order valence-electron chi connectivity index (χ0n) is 12.9. The van der Waals surface area contributed by atoms with Gasteiger partial charge in [0.05, 0.1) is 17.0 Å². The first-order valence-corrected chi connectivity index (χ1v) is 7.79. The molecule has 0 spiro atoms. The Morgan fingerprint density at radius 1 is 1.36 bits per heavy atom. The molecule has 0 aliphatic heterocycles. The summed E-state index contributed by atoms with van der Waals surface area (Å²) in [5.74, 6) is -0.858. The second kappa shape index (κ2) is 9.29. The third-order valence-electron chi connectivity index (χ3n) is 3.52. The molecule has 0 amide bonds. The molecule has 0 unspecified atom stereocenters. The molecule has 6 heteroatoms. The molecule has 0 fully saturated rings. The number of hydrogen-bond donors (Lipinski definition) is 3. The molecule has 5 nitrogen and oxygen atoms in total. The number of nitriles is 1. The van der Waals surface area contributed by atoms with Crippen molar-refractivity contribution in [2.45, 2.75) is 45.2 Å². The van der Waals surface area contributed by atoms with Crippen molar-refractivity contribution in [2.75, 3.05) is 11.9 Å². The summed E-state index contributed by atoms with van der Waals surface area (Å²) in [6, 6.07) is 7.13. The summed E-state index contributed by atoms with van der Waals surface area (Å²) in [6.45, 7) is 4.75. The van der Waals surface area contributed by atoms with Gasteiger partial charge in [-0.25, -0.2) is 0 Å². The molecule has 22 heavy (non-hydrogen) atoms. The van der Waals surface area contributed by atoms with Gasteiger partial charge in [-0.3, -0.25) is 4.79 Å². The van der Waals surface area contributed by atoms with E-state index in [2.05, 4.69) is 24.5 Å². The number of anilines is 1. The van der Waals surface area contributed by atoms with Gasteiger partial charge in [0.2, 0.25) is 0 Å². The topological polar surface area (TPSA) is 85.2 Å². The smallest absolute Gasteiger partial charge is 0.305 e. The number of carboxylic acids is 1. The van der Waals surface area contributed by atoms with E-state index in [0.29, 0.717) is 28.9 Å². The zero-order valence-corrected chi connectivity index (χ0v) is 13.7. The van der Waals surface area contributed by atoms with Crippen LogP contribution in [-0.4, -0.2) is 29.7 Å². The van der Waals surface area contributed by atoms with Gasteiger partial charge < -0.3 is 15.7 Å². The van der Waals surface area contributed by atoms with Gasteiger partial charge >= 0.3 is 5.97 Å². The van der Waals surface area contributed by atoms with E-state index in [-0.39, 0.29) is 12.5 Å². The third-order valence-corrected chi connectivity index (χ3v) is 3.83. The molecule has 3 N–H and O–H groups in total. The molecule has 1 atom stereocenters. The lowest BCUT2D eigenvalue weighted by Gasteiger charge is -2.22. The van der Waals surface area contributed by atoms with Crippen LogP contribution < -0.4 is 10.6 Å². The molecule has 1 aromatic carbocycles. The SMILES string of the molecule is CCC(CC)NC[C@H](CC(=O)O)Nc1ccc(C#N)c(Cl)c1. The Morgan fingerprint density at radius 2 is 2.05 bits per heavy atom. The number of nitrogens with one attached hydrogen (secondary N) is 2. The molecule has 0 saturated carbocycles. The number of carboxylic acid groups (broad SMARTS) is 1. The number of benzene rings is 1. The Kier molecular flexibility index (Phi) is 7.72. The van der Waals surface area contributed by atoms with Crippen molar-refractivity contribution in [1.29, 1.82) is 5.26 Å². The summed E-state index contributed by atoms with van der Waals surface area (Å²) in [5, 5.41) is 24.8. The highest BCUT2D eigenvalue weighted by atomic mass is 35.5. The van der Waals surface area contributed by atoms with E-state index in [9.17, 15) is 4.79 Å². The van der Waals surface area contributed by atoms with E-state index < -0.39 is 5.97 Å². The molecule has 0 radical (unpaired) electrons. The van der Waals surface area contributed by atoms with Crippen LogP contribution in [0.5, 0.6) is 0 Å². The summed E-state index contributed by atoms with van der Waals surface area (Å²) in [5.41, 5.74) is 1.11. The van der Waals surface area contributed by atoms with Crippen molar-refractivity contribution in [3.63, 3.8) is 0 Å². The first kappa shape index (κ1) is 18.3. The Labute approximate surface area is 136 Å². The van der Waals surface area contributed by atoms with Gasteiger partial charge in [-0.2, -0.15) is 5.26 Å². The van der Waals surface area contributed by atoms with Crippen LogP contribution in [0.3, 0.4) is 0 Å². The summed E-state index contributed by atoms with van der Waals surface area (Å²) in [7, 11) is 0. The third kappa shape index (κ3) is 5.92. The molecular weight excluding hydrogens is 302 g/mol. The van der Waals surface area contributed by atoms with Crippen molar-refractivity contribution in [3.8, 4) is 6.07 Å². The fraction of sp³-hybridized carbons (Fsp3) is 0.500. The first-order chi connectivity index (χ1) is 10.5. The highest BCUT2D eigenvalue weighted by Gasteiger charge is 2.15. The summed E-state index contributed by atoms with van der Waals surface area (Å²) >= 11 is 6.00. The lowest BCUT2D eigenvalue weighted by atomic mass is 10.1. The second-order valence-electron chi connectivity index (χ2n) is 5.17. The van der Waals surface area contributed by atoms with Gasteiger partial charge in [0.1, 0.15) is 6.07 Å². The average molecular weight is 324 g/mol. The van der Waals surface area contributed by atoms with Gasteiger partial charge in [0.15, 0.2) is 0 Å². The number of nitrogens with zero attached hydrogens (tertiary/aromatic N) is 1. The van der Waals surface area contributed by atoms with Crippen molar-refractivity contribution in [3.05, 3.63) is 28.8 Å². The van der Waals surface area contributed by atoms with Crippen molar-refractivity contribution < 1.29 is 9.90 Å². The van der Waals surface area contributed by atoms with Crippen molar-refractivity contribution in [1.82, 2.24) is 5.32 Å². The minimum Gasteiger partial charge on any atom is -0.481 e. The Morgan fingerprint density at radius 3 is 2.55 bits per heavy atom. The molecule has 0 bridgehead atoms. The number of hydrogen-bond acceptors (Lipinski definition) is 4. The van der Waals surface area contributed by atoms with Crippen LogP contribution in [0.15, 0.2) is 18.2 Å². The fourth-order valence-electron chi connectivity index (χ4n) is 2.20. The molecule has 0 saturated heterocycles. The fourth-order valence-corrected chi connectivity index (χ4v) is 2.43. The maximum Gasteiger partial charge on any atom is 0.305 e. The lowest BCUT2D eigenvalue weighted by Crippen LogP contribution is -2.39. The largest absolute Gasteiger partial charge is 0.481 e. The molecule has 1 aromatic rings. The van der Waals surface area contributed by atoms with E-state index in [1.807, 2.05) is 6.07 Å². The van der Waals surface area contributed by atoms with Gasteiger partial charge in [-0.1, -0.05) is 25.4 Å². The van der Waals surface area contributed by atoms with Crippen LogP contribution in [0.2, 0.25) is 5.02 Å². The minimum absolute atomic E-state index is 0.00473. The molecule has 0 aliphatic carbocycles. The Bertz CT molecular complexity index is 539. The Hall–Kier alpha value is -1.77. The van der Waals surface area contributed by atoms with Crippen LogP contribution in [0, 0.1) is 11.3 Å². The normalized spacial score (nSPS) is 12.0. The van der Waals surface area contributed by atoms with Gasteiger partial charge in [0.25, 0.3) is 0 Å². The highest BCUT2D eigenvalue weighted by Crippen LogP contribution is 2.21. The molecule has 120 valence electrons. The minimum atomic E-state index is -0.858. The first-order valence-electron chi connectivity index (χ1n) is 7.41. The van der Waals surface area contributed by atoms with Gasteiger partial charge in [-0.15, -0.1) is 0 Å². The summed E-state index contributed by atoms with van der Waals surface area (Å²) in [6.07, 6.45) is 2.00. The quantitative estimate of drug-likeness (QED) is 0.649. The van der Waals surface area contributed by atoms with E-state index >= 15 is 0 Å². The van der Waals surface area contributed by atoms with E-state index in [4.69, 9.17) is 22.0 Å². The van der Waals surface area contributed by atoms with E-state index in [1.54, 1.807) is 18.2 Å². The van der Waals surface area contributed by atoms with E-state index in [0.717, 1.165) is 12.8 Å². The average Bonchev–Trinajstić information content (AvgIpc) is 2.47. The zero-order chi connectivity index (χ0) is 16.5. The van der Waals surface area contributed by atoms with E-state index in [1.165, 1.54) is 0 Å². The Balaban J connectivity index is 2.74. The molecule has 0 aliphatic rings. The second-order valence-corrected chi connectivity index (χ2v) is 5.57. The van der Waals surface area contributed by atoms with Crippen LogP contribution in [0.1, 0.15) is 38.7 Å². The number of halogens is 1. The maximum atomic E-state index is 11.0. The number of carbonyl (C=O) groups is 1. The predicted octanol–water partition coefficient (Wildman–Crippen LogP) is 3.25. The number of aliphatic carboxylic acids is 1. The monoisotopic (exact) mass is 323 g/mol. The van der Waals surface area contributed by atoms with Gasteiger partial charge in [-0.05, 0) is 31.0 Å². The van der Waals surface area contributed by atoms with Crippen molar-refractivity contribution in [2.24, 2.45) is 0 Å². The summed E-state index contributed by atoms with van der Waals surface area (Å²) < 4.78 is 0. The molecule has 1 rings (SSSR count). The van der Waals surface area contributed by atoms with Crippen LogP contribution in [0.25, 0.3) is 0 Å². The van der Waals surface area contributed by atoms with Gasteiger partial charge in [0, 0.05) is 24.3 Å². The number of rotatable bonds is 9. The molecular formula is C16H22ClN3O2. The summed E-state index contributed by atoms with van der Waals surface area (Å²) in [4.78, 5) is 11.0. The van der Waals surface area contributed by atoms with Crippen LogP contribution in [0.4, 0.5) is 5.69 Å². The maximum absolute atomic E-state index is 11.0. The highest BCUT2D eigenvalue weighted by molar-refractivity contribution is 6.32. The van der Waals surface area contributed by atoms with Crippen LogP contribution in [-0.2, 0) is 4.79 Å². The predicted molar refractivity (Wildman–Crippen MR) is 88.2 cm³/mol. The van der Waals surface area contributed by atoms with Crippen molar-refractivity contribution >= 4 is 23.3 Å². The standard InChI is InChI=1S/C16H22ClN3O2/c1-3-12(4-2)19-10-14(8-16(21)22)20-13-6-5-11(9-18)15(17)7-13/h5-7,12,14,19-20H,3-4,8,10H2,1-2H3,(H,21,22)/t14-/m0/s1. The molecule has 0 aromatic heterocycles.